The minimum atomic E-state index is -3.72. The monoisotopic (exact) mass is 650 g/mol. The van der Waals surface area contributed by atoms with E-state index < -0.39 is 31.5 Å². The first-order valence-electron chi connectivity index (χ1n) is 10.7. The quantitative estimate of drug-likeness (QED) is 0.166. The van der Waals surface area contributed by atoms with E-state index in [0.717, 1.165) is 24.3 Å². The van der Waals surface area contributed by atoms with Crippen LogP contribution in [0.1, 0.15) is 41.3 Å². The second-order valence-electron chi connectivity index (χ2n) is 7.90. The molecule has 2 aromatic carbocycles. The van der Waals surface area contributed by atoms with E-state index in [2.05, 4.69) is 31.6 Å². The summed E-state index contributed by atoms with van der Waals surface area (Å²) in [5.41, 5.74) is 1.73. The zero-order valence-corrected chi connectivity index (χ0v) is 24.0. The van der Waals surface area contributed by atoms with Gasteiger partial charge in [0.2, 0.25) is 0 Å². The molecule has 4 aromatic rings. The van der Waals surface area contributed by atoms with E-state index in [1.807, 2.05) is 0 Å². The molecule has 2 aromatic heterocycles. The van der Waals surface area contributed by atoms with Gasteiger partial charge in [0.25, 0.3) is 0 Å². The summed E-state index contributed by atoms with van der Waals surface area (Å²) in [6.07, 6.45) is 0. The van der Waals surface area contributed by atoms with E-state index in [1.165, 1.54) is 9.36 Å². The van der Waals surface area contributed by atoms with Crippen LogP contribution in [0.4, 0.5) is 17.6 Å². The number of aryl methyl sites for hydroxylation is 3. The minimum absolute atomic E-state index is 0. The summed E-state index contributed by atoms with van der Waals surface area (Å²) in [5, 5.41) is 25.7. The lowest BCUT2D eigenvalue weighted by Gasteiger charge is -2.06. The lowest BCUT2D eigenvalue weighted by molar-refractivity contribution is 0.582. The lowest BCUT2D eigenvalue weighted by Crippen LogP contribution is -2.04. The number of hydrogen-bond acceptors (Lipinski definition) is 6. The SMILES string of the molecule is C.Cc1cc(C)n(-c2cc(F)c(C#N)cc2F)n1.Cc1nn(-c2cc(F)c(C#N)cc2F)c(C)c1Cl.O=S(=O)(Cl)Cl. The highest BCUT2D eigenvalue weighted by Gasteiger charge is 2.17. The first kappa shape index (κ1) is 35.4. The number of benzene rings is 2. The van der Waals surface area contributed by atoms with E-state index in [9.17, 15) is 17.6 Å². The Bertz CT molecular complexity index is 1770. The Morgan fingerprint density at radius 3 is 1.49 bits per heavy atom. The Morgan fingerprint density at radius 1 is 0.756 bits per heavy atom. The molecule has 0 aliphatic heterocycles. The molecule has 0 saturated carbocycles. The summed E-state index contributed by atoms with van der Waals surface area (Å²) >= 11 is 5.95. The van der Waals surface area contributed by atoms with E-state index >= 15 is 0 Å². The highest BCUT2D eigenvalue weighted by atomic mass is 36.0. The zero-order valence-electron chi connectivity index (χ0n) is 20.9. The molecule has 0 aliphatic carbocycles. The zero-order chi connectivity index (χ0) is 30.5. The lowest BCUT2D eigenvalue weighted by atomic mass is 10.2. The standard InChI is InChI=1S/C12H8ClF2N3.C12H9F2N3.CH4.Cl2O2S/c1-6-12(13)7(2)18(17-6)11-4-9(14)8(5-16)3-10(11)15;1-7-3-8(2)17(16-7)12-5-10(13)9(6-15)4-11(12)14;;1-5(2,3)4/h3-4H,1-2H3;3-5H,1-2H3;1H4;. The van der Waals surface area contributed by atoms with Crippen LogP contribution >= 0.6 is 33.0 Å². The fourth-order valence-electron chi connectivity index (χ4n) is 3.30. The summed E-state index contributed by atoms with van der Waals surface area (Å²) in [6.45, 7) is 6.83. The maximum atomic E-state index is 13.8. The molecule has 0 bridgehead atoms. The van der Waals surface area contributed by atoms with Crippen LogP contribution in [0.15, 0.2) is 30.3 Å². The molecular weight excluding hydrogens is 631 g/mol. The van der Waals surface area contributed by atoms with Crippen molar-refractivity contribution in [3.05, 3.63) is 92.5 Å². The van der Waals surface area contributed by atoms with Crippen LogP contribution in [0.3, 0.4) is 0 Å². The predicted octanol–water partition coefficient (Wildman–Crippen LogP) is 7.28. The minimum Gasteiger partial charge on any atom is -0.235 e. The number of hydrogen-bond donors (Lipinski definition) is 0. The molecule has 0 aliphatic rings. The number of halogens is 7. The van der Waals surface area contributed by atoms with Gasteiger partial charge in [0.1, 0.15) is 46.8 Å². The molecule has 0 atom stereocenters. The third-order valence-electron chi connectivity index (χ3n) is 4.98. The fraction of sp³-hybridized carbons (Fsp3) is 0.200. The first-order chi connectivity index (χ1) is 18.5. The molecule has 0 unspecified atom stereocenters. The van der Waals surface area contributed by atoms with E-state index in [1.54, 1.807) is 45.9 Å². The van der Waals surface area contributed by atoms with Crippen molar-refractivity contribution >= 4 is 41.2 Å². The summed E-state index contributed by atoms with van der Waals surface area (Å²) in [4.78, 5) is 0. The van der Waals surface area contributed by atoms with Gasteiger partial charge < -0.3 is 0 Å². The molecule has 0 spiro atoms. The fourth-order valence-corrected chi connectivity index (χ4v) is 3.42. The van der Waals surface area contributed by atoms with Gasteiger partial charge in [-0.05, 0) is 45.9 Å². The van der Waals surface area contributed by atoms with Crippen LogP contribution in [0.25, 0.3) is 11.4 Å². The van der Waals surface area contributed by atoms with Crippen molar-refractivity contribution in [1.82, 2.24) is 19.6 Å². The Hall–Kier alpha value is -3.62. The molecular formula is C25H21Cl3F4N6O2S. The second kappa shape index (κ2) is 14.3. The van der Waals surface area contributed by atoms with E-state index in [4.69, 9.17) is 30.5 Å². The summed E-state index contributed by atoms with van der Waals surface area (Å²) < 4.78 is 75.3. The number of aromatic nitrogens is 4. The molecule has 0 fully saturated rings. The van der Waals surface area contributed by atoms with Crippen LogP contribution in [0, 0.1) is 73.6 Å². The molecule has 41 heavy (non-hydrogen) atoms. The van der Waals surface area contributed by atoms with Crippen LogP contribution in [0.2, 0.25) is 5.02 Å². The number of nitriles is 2. The maximum absolute atomic E-state index is 13.8. The van der Waals surface area contributed by atoms with E-state index in [-0.39, 0.29) is 29.9 Å². The second-order valence-corrected chi connectivity index (χ2v) is 12.0. The molecule has 4 rings (SSSR count). The van der Waals surface area contributed by atoms with Crippen molar-refractivity contribution in [3.8, 4) is 23.5 Å². The van der Waals surface area contributed by atoms with Crippen molar-refractivity contribution < 1.29 is 26.0 Å². The molecule has 0 radical (unpaired) electrons. The Morgan fingerprint density at radius 2 is 1.17 bits per heavy atom. The van der Waals surface area contributed by atoms with Gasteiger partial charge in [-0.25, -0.2) is 26.9 Å². The van der Waals surface area contributed by atoms with Gasteiger partial charge in [-0.15, -0.1) is 0 Å². The molecule has 16 heteroatoms. The van der Waals surface area contributed by atoms with Crippen molar-refractivity contribution in [1.29, 1.82) is 10.5 Å². The van der Waals surface area contributed by atoms with Crippen molar-refractivity contribution in [2.24, 2.45) is 0 Å². The number of rotatable bonds is 2. The Kier molecular flexibility index (Phi) is 12.4. The van der Waals surface area contributed by atoms with Crippen LogP contribution in [-0.2, 0) is 8.26 Å². The molecule has 218 valence electrons. The van der Waals surface area contributed by atoms with Gasteiger partial charge >= 0.3 is 8.26 Å². The smallest absolute Gasteiger partial charge is 0.235 e. The average Bonchev–Trinajstić information content (AvgIpc) is 3.32. The van der Waals surface area contributed by atoms with Gasteiger partial charge in [-0.1, -0.05) is 19.0 Å². The third kappa shape index (κ3) is 9.20. The van der Waals surface area contributed by atoms with Crippen molar-refractivity contribution in [2.45, 2.75) is 35.1 Å². The molecule has 0 saturated heterocycles. The van der Waals surface area contributed by atoms with Crippen LogP contribution in [0.5, 0.6) is 0 Å². The highest BCUT2D eigenvalue weighted by Crippen LogP contribution is 2.25. The molecule has 0 N–H and O–H groups in total. The van der Waals surface area contributed by atoms with Gasteiger partial charge in [-0.2, -0.15) is 29.1 Å². The van der Waals surface area contributed by atoms with Gasteiger partial charge in [0, 0.05) is 39.2 Å². The average molecular weight is 652 g/mol. The van der Waals surface area contributed by atoms with Crippen LogP contribution in [-0.4, -0.2) is 28.0 Å². The summed E-state index contributed by atoms with van der Waals surface area (Å²) in [5.74, 6) is -2.95. The third-order valence-corrected chi connectivity index (χ3v) is 5.53. The highest BCUT2D eigenvalue weighted by molar-refractivity contribution is 8.31. The molecule has 0 amide bonds. The molecule has 8 nitrogen and oxygen atoms in total. The summed E-state index contributed by atoms with van der Waals surface area (Å²) in [7, 11) is 4.81. The topological polar surface area (TPSA) is 117 Å². The Balaban J connectivity index is 0.000000346. The van der Waals surface area contributed by atoms with Crippen molar-refractivity contribution in [3.63, 3.8) is 0 Å². The Labute approximate surface area is 247 Å². The summed E-state index contributed by atoms with van der Waals surface area (Å²) in [6, 6.07) is 8.56. The van der Waals surface area contributed by atoms with Gasteiger partial charge in [0.05, 0.1) is 33.2 Å². The van der Waals surface area contributed by atoms with Crippen LogP contribution < -0.4 is 0 Å². The predicted molar refractivity (Wildman–Crippen MR) is 148 cm³/mol. The first-order valence-corrected chi connectivity index (χ1v) is 14.2. The van der Waals surface area contributed by atoms with Gasteiger partial charge in [0.15, 0.2) is 0 Å². The normalized spacial score (nSPS) is 10.3. The number of nitrogens with zero attached hydrogens (tertiary/aromatic N) is 6. The maximum Gasteiger partial charge on any atom is 0.317 e. The van der Waals surface area contributed by atoms with Crippen molar-refractivity contribution in [2.75, 3.05) is 0 Å². The largest absolute Gasteiger partial charge is 0.317 e. The van der Waals surface area contributed by atoms with E-state index in [0.29, 0.717) is 27.8 Å². The molecule has 2 heterocycles. The van der Waals surface area contributed by atoms with Gasteiger partial charge in [-0.3, -0.25) is 0 Å².